The summed E-state index contributed by atoms with van der Waals surface area (Å²) in [6, 6.07) is 0.299. The molecule has 0 atom stereocenters. The van der Waals surface area contributed by atoms with E-state index in [9.17, 15) is 4.79 Å². The molecule has 20 heavy (non-hydrogen) atoms. The Bertz CT molecular complexity index is 360. The Kier molecular flexibility index (Phi) is 6.79. The first-order chi connectivity index (χ1) is 8.76. The molecule has 0 saturated carbocycles. The Morgan fingerprint density at radius 3 is 1.70 bits per heavy atom. The quantitative estimate of drug-likeness (QED) is 0.553. The van der Waals surface area contributed by atoms with E-state index in [-0.39, 0.29) is 11.4 Å². The van der Waals surface area contributed by atoms with Gasteiger partial charge in [0.15, 0.2) is 5.17 Å². The number of hydrogen-bond acceptors (Lipinski definition) is 2. The lowest BCUT2D eigenvalue weighted by Gasteiger charge is -2.41. The van der Waals surface area contributed by atoms with Gasteiger partial charge in [-0.1, -0.05) is 46.4 Å². The van der Waals surface area contributed by atoms with Crippen LogP contribution in [0.4, 0.5) is 0 Å². The van der Waals surface area contributed by atoms with Crippen LogP contribution < -0.4 is 0 Å². The van der Waals surface area contributed by atoms with E-state index >= 15 is 0 Å². The summed E-state index contributed by atoms with van der Waals surface area (Å²) in [5, 5.41) is 1.23. The monoisotopic (exact) mass is 300 g/mol. The zero-order valence-electron chi connectivity index (χ0n) is 14.9. The molecule has 3 nitrogen and oxygen atoms in total. The van der Waals surface area contributed by atoms with Crippen LogP contribution in [0, 0.1) is 5.41 Å². The largest absolute Gasteiger partial charge is 0.344 e. The number of rotatable bonds is 2. The SMILES string of the molecule is CC(C)S/C(=N\C(=O)C(C)(C)C)N(C(C)C)C(C)(C)C. The van der Waals surface area contributed by atoms with Gasteiger partial charge in [0.25, 0.3) is 5.91 Å². The summed E-state index contributed by atoms with van der Waals surface area (Å²) in [7, 11) is 0. The van der Waals surface area contributed by atoms with E-state index in [0.29, 0.717) is 11.3 Å². The highest BCUT2D eigenvalue weighted by Gasteiger charge is 2.30. The molecule has 0 saturated heterocycles. The zero-order chi connectivity index (χ0) is 16.3. The van der Waals surface area contributed by atoms with Crippen molar-refractivity contribution in [1.82, 2.24) is 4.90 Å². The Balaban J connectivity index is 5.65. The Labute approximate surface area is 129 Å². The minimum absolute atomic E-state index is 0.0597. The van der Waals surface area contributed by atoms with Crippen LogP contribution >= 0.6 is 11.8 Å². The highest BCUT2D eigenvalue weighted by atomic mass is 32.2. The summed E-state index contributed by atoms with van der Waals surface area (Å²) < 4.78 is 0. The standard InChI is InChI=1S/C16H32N2OS/c1-11(2)18(16(8,9)10)14(20-12(3)4)17-13(19)15(5,6)7/h11-12H,1-10H3/b17-14-. The van der Waals surface area contributed by atoms with Gasteiger partial charge in [-0.25, -0.2) is 0 Å². The Hall–Kier alpha value is -0.510. The van der Waals surface area contributed by atoms with Crippen LogP contribution in [-0.4, -0.2) is 32.8 Å². The Morgan fingerprint density at radius 2 is 1.45 bits per heavy atom. The first kappa shape index (κ1) is 19.5. The van der Waals surface area contributed by atoms with Crippen LogP contribution in [0.1, 0.15) is 69.2 Å². The second-order valence-electron chi connectivity index (χ2n) is 7.75. The van der Waals surface area contributed by atoms with E-state index in [0.717, 1.165) is 5.17 Å². The van der Waals surface area contributed by atoms with Gasteiger partial charge in [-0.2, -0.15) is 4.99 Å². The summed E-state index contributed by atoms with van der Waals surface area (Å²) in [4.78, 5) is 19.0. The van der Waals surface area contributed by atoms with Gasteiger partial charge in [-0.3, -0.25) is 4.79 Å². The van der Waals surface area contributed by atoms with Crippen molar-refractivity contribution in [3.63, 3.8) is 0 Å². The van der Waals surface area contributed by atoms with Crippen LogP contribution in [0.5, 0.6) is 0 Å². The van der Waals surface area contributed by atoms with E-state index < -0.39 is 5.41 Å². The van der Waals surface area contributed by atoms with Crippen molar-refractivity contribution >= 4 is 22.8 Å². The highest BCUT2D eigenvalue weighted by molar-refractivity contribution is 8.14. The molecule has 118 valence electrons. The van der Waals surface area contributed by atoms with Gasteiger partial charge in [-0.05, 0) is 34.6 Å². The number of nitrogens with zero attached hydrogens (tertiary/aromatic N) is 2. The normalized spacial score (nSPS) is 14.1. The first-order valence-corrected chi connectivity index (χ1v) is 8.24. The van der Waals surface area contributed by atoms with Gasteiger partial charge in [0.05, 0.1) is 0 Å². The molecule has 0 rings (SSSR count). The van der Waals surface area contributed by atoms with Crippen molar-refractivity contribution in [3.05, 3.63) is 0 Å². The van der Waals surface area contributed by atoms with Gasteiger partial charge in [0.2, 0.25) is 0 Å². The Morgan fingerprint density at radius 1 is 1.00 bits per heavy atom. The molecular formula is C16H32N2OS. The van der Waals surface area contributed by atoms with Gasteiger partial charge in [0.1, 0.15) is 0 Å². The van der Waals surface area contributed by atoms with E-state index in [2.05, 4.69) is 58.4 Å². The van der Waals surface area contributed by atoms with Crippen LogP contribution in [0.2, 0.25) is 0 Å². The second kappa shape index (κ2) is 6.97. The van der Waals surface area contributed by atoms with Gasteiger partial charge < -0.3 is 4.90 Å². The van der Waals surface area contributed by atoms with E-state index in [1.165, 1.54) is 0 Å². The zero-order valence-corrected chi connectivity index (χ0v) is 15.7. The molecule has 0 unspecified atom stereocenters. The third-order valence-electron chi connectivity index (χ3n) is 2.63. The topological polar surface area (TPSA) is 32.7 Å². The molecule has 0 radical (unpaired) electrons. The molecule has 0 heterocycles. The summed E-state index contributed by atoms with van der Waals surface area (Å²) in [6.45, 7) is 20.7. The molecule has 0 aromatic rings. The molecule has 0 aromatic carbocycles. The predicted molar refractivity (Wildman–Crippen MR) is 91.4 cm³/mol. The molecule has 1 amide bonds. The molecule has 0 aliphatic carbocycles. The number of carbonyl (C=O) groups is 1. The lowest BCUT2D eigenvalue weighted by atomic mass is 9.96. The van der Waals surface area contributed by atoms with Crippen molar-refractivity contribution in [2.45, 2.75) is 86.1 Å². The minimum Gasteiger partial charge on any atom is -0.344 e. The predicted octanol–water partition coefficient (Wildman–Crippen LogP) is 4.57. The maximum absolute atomic E-state index is 12.3. The third kappa shape index (κ3) is 6.29. The third-order valence-corrected chi connectivity index (χ3v) is 3.60. The fourth-order valence-corrected chi connectivity index (χ4v) is 3.04. The van der Waals surface area contributed by atoms with Crippen molar-refractivity contribution in [2.24, 2.45) is 10.4 Å². The average Bonchev–Trinajstić information content (AvgIpc) is 2.10. The van der Waals surface area contributed by atoms with Crippen molar-refractivity contribution in [3.8, 4) is 0 Å². The van der Waals surface area contributed by atoms with Crippen molar-refractivity contribution < 1.29 is 4.79 Å². The van der Waals surface area contributed by atoms with Gasteiger partial charge in [0, 0.05) is 22.2 Å². The maximum Gasteiger partial charge on any atom is 0.253 e. The van der Waals surface area contributed by atoms with E-state index in [1.807, 2.05) is 20.8 Å². The van der Waals surface area contributed by atoms with Crippen LogP contribution in [0.15, 0.2) is 4.99 Å². The molecule has 0 bridgehead atoms. The molecule has 0 spiro atoms. The van der Waals surface area contributed by atoms with Crippen LogP contribution in [0.25, 0.3) is 0 Å². The minimum atomic E-state index is -0.441. The number of thioether (sulfide) groups is 1. The molecule has 4 heteroatoms. The molecule has 0 aliphatic heterocycles. The lowest BCUT2D eigenvalue weighted by molar-refractivity contribution is -0.124. The lowest BCUT2D eigenvalue weighted by Crippen LogP contribution is -2.49. The number of aliphatic imine (C=N–C) groups is 1. The molecule has 0 N–H and O–H groups in total. The summed E-state index contributed by atoms with van der Waals surface area (Å²) in [5.41, 5.74) is -0.504. The van der Waals surface area contributed by atoms with E-state index in [1.54, 1.807) is 11.8 Å². The first-order valence-electron chi connectivity index (χ1n) is 7.36. The fraction of sp³-hybridized carbons (Fsp3) is 0.875. The fourth-order valence-electron chi connectivity index (χ4n) is 1.88. The molecule has 0 fully saturated rings. The number of amides is 1. The highest BCUT2D eigenvalue weighted by Crippen LogP contribution is 2.27. The van der Waals surface area contributed by atoms with E-state index in [4.69, 9.17) is 0 Å². The van der Waals surface area contributed by atoms with Crippen LogP contribution in [-0.2, 0) is 4.79 Å². The molecular weight excluding hydrogens is 268 g/mol. The summed E-state index contributed by atoms with van der Waals surface area (Å²) >= 11 is 1.66. The number of hydrogen-bond donors (Lipinski definition) is 0. The average molecular weight is 301 g/mol. The van der Waals surface area contributed by atoms with Crippen LogP contribution in [0.3, 0.4) is 0 Å². The molecule has 0 aromatic heterocycles. The van der Waals surface area contributed by atoms with Crippen molar-refractivity contribution in [2.75, 3.05) is 0 Å². The smallest absolute Gasteiger partial charge is 0.253 e. The molecule has 0 aliphatic rings. The van der Waals surface area contributed by atoms with Gasteiger partial charge in [-0.15, -0.1) is 0 Å². The second-order valence-corrected chi connectivity index (χ2v) is 9.29. The number of carbonyl (C=O) groups excluding carboxylic acids is 1. The summed E-state index contributed by atoms with van der Waals surface area (Å²) in [5.74, 6) is -0.0597. The summed E-state index contributed by atoms with van der Waals surface area (Å²) in [6.07, 6.45) is 0. The number of amidine groups is 1. The van der Waals surface area contributed by atoms with Crippen molar-refractivity contribution in [1.29, 1.82) is 0 Å². The van der Waals surface area contributed by atoms with Gasteiger partial charge >= 0.3 is 0 Å². The maximum atomic E-state index is 12.3.